The summed E-state index contributed by atoms with van der Waals surface area (Å²) in [6, 6.07) is 3.96. The summed E-state index contributed by atoms with van der Waals surface area (Å²) in [4.78, 5) is 13.5. The third-order valence-electron chi connectivity index (χ3n) is 3.43. The number of fused-ring (bicyclic) bond motifs is 1. The second kappa shape index (κ2) is 6.22. The highest BCUT2D eigenvalue weighted by Gasteiger charge is 2.10. The van der Waals surface area contributed by atoms with Gasteiger partial charge in [0.15, 0.2) is 10.8 Å². The van der Waals surface area contributed by atoms with Gasteiger partial charge in [-0.25, -0.2) is 15.0 Å². The van der Waals surface area contributed by atoms with Crippen molar-refractivity contribution in [1.82, 2.24) is 19.5 Å². The van der Waals surface area contributed by atoms with E-state index in [9.17, 15) is 0 Å². The zero-order chi connectivity index (χ0) is 14.7. The van der Waals surface area contributed by atoms with Crippen LogP contribution in [0, 0.1) is 0 Å². The highest BCUT2D eigenvalue weighted by atomic mass is 32.1. The van der Waals surface area contributed by atoms with E-state index in [-0.39, 0.29) is 0 Å². The fraction of sp³-hybridized carbons (Fsp3) is 0.400. The second-order valence-corrected chi connectivity index (χ2v) is 5.95. The number of hydrogen-bond donors (Lipinski definition) is 1. The molecule has 3 aromatic rings. The molecule has 0 fully saturated rings. The number of rotatable bonds is 6. The van der Waals surface area contributed by atoms with Crippen molar-refractivity contribution in [2.75, 3.05) is 5.73 Å². The van der Waals surface area contributed by atoms with Crippen molar-refractivity contribution in [3.8, 4) is 0 Å². The third-order valence-corrected chi connectivity index (χ3v) is 4.16. The van der Waals surface area contributed by atoms with Gasteiger partial charge >= 0.3 is 0 Å². The van der Waals surface area contributed by atoms with Crippen molar-refractivity contribution in [3.63, 3.8) is 0 Å². The van der Waals surface area contributed by atoms with Crippen LogP contribution in [0.1, 0.15) is 31.3 Å². The van der Waals surface area contributed by atoms with Crippen LogP contribution in [-0.4, -0.2) is 19.5 Å². The first-order valence-electron chi connectivity index (χ1n) is 7.28. The van der Waals surface area contributed by atoms with E-state index in [0.29, 0.717) is 5.13 Å². The van der Waals surface area contributed by atoms with Gasteiger partial charge in [-0.3, -0.25) is 0 Å². The Bertz CT molecular complexity index is 731. The van der Waals surface area contributed by atoms with E-state index < -0.39 is 0 Å². The van der Waals surface area contributed by atoms with E-state index in [2.05, 4.69) is 21.5 Å². The van der Waals surface area contributed by atoms with Gasteiger partial charge < -0.3 is 10.3 Å². The molecule has 0 amide bonds. The number of anilines is 1. The fourth-order valence-electron chi connectivity index (χ4n) is 2.52. The monoisotopic (exact) mass is 301 g/mol. The summed E-state index contributed by atoms with van der Waals surface area (Å²) in [5.74, 6) is 1.12. The lowest BCUT2D eigenvalue weighted by molar-refractivity contribution is 0.632. The third kappa shape index (κ3) is 3.05. The van der Waals surface area contributed by atoms with Crippen LogP contribution in [0.3, 0.4) is 0 Å². The summed E-state index contributed by atoms with van der Waals surface area (Å²) in [7, 11) is 0. The maximum atomic E-state index is 5.66. The normalized spacial score (nSPS) is 11.3. The molecule has 0 radical (unpaired) electrons. The van der Waals surface area contributed by atoms with Crippen LogP contribution >= 0.6 is 11.3 Å². The Morgan fingerprint density at radius 1 is 1.29 bits per heavy atom. The molecule has 0 bridgehead atoms. The summed E-state index contributed by atoms with van der Waals surface area (Å²) >= 11 is 1.50. The molecule has 0 saturated heterocycles. The highest BCUT2D eigenvalue weighted by Crippen LogP contribution is 2.17. The molecule has 110 valence electrons. The maximum Gasteiger partial charge on any atom is 0.180 e. The van der Waals surface area contributed by atoms with E-state index in [1.807, 2.05) is 23.7 Å². The number of nitrogens with two attached hydrogens (primary N) is 1. The van der Waals surface area contributed by atoms with Gasteiger partial charge in [0.25, 0.3) is 0 Å². The van der Waals surface area contributed by atoms with E-state index in [1.54, 1.807) is 0 Å². The number of imidazole rings is 1. The Morgan fingerprint density at radius 3 is 2.95 bits per heavy atom. The Kier molecular flexibility index (Phi) is 4.15. The molecule has 0 atom stereocenters. The molecule has 0 spiro atoms. The molecule has 0 aliphatic rings. The minimum Gasteiger partial charge on any atom is -0.375 e. The Labute approximate surface area is 127 Å². The van der Waals surface area contributed by atoms with Crippen LogP contribution in [0.2, 0.25) is 0 Å². The van der Waals surface area contributed by atoms with Crippen LogP contribution < -0.4 is 5.73 Å². The minimum atomic E-state index is 0.646. The Balaban J connectivity index is 1.74. The first-order chi connectivity index (χ1) is 10.3. The van der Waals surface area contributed by atoms with Crippen molar-refractivity contribution in [1.29, 1.82) is 0 Å². The summed E-state index contributed by atoms with van der Waals surface area (Å²) in [6.07, 6.45) is 5.82. The van der Waals surface area contributed by atoms with Crippen molar-refractivity contribution in [3.05, 3.63) is 35.2 Å². The van der Waals surface area contributed by atoms with Gasteiger partial charge in [-0.1, -0.05) is 6.92 Å². The van der Waals surface area contributed by atoms with E-state index in [1.165, 1.54) is 11.3 Å². The summed E-state index contributed by atoms with van der Waals surface area (Å²) in [5, 5.41) is 2.68. The van der Waals surface area contributed by atoms with E-state index >= 15 is 0 Å². The molecular weight excluding hydrogens is 282 g/mol. The minimum absolute atomic E-state index is 0.646. The van der Waals surface area contributed by atoms with Crippen molar-refractivity contribution < 1.29 is 0 Å². The van der Waals surface area contributed by atoms with Crippen molar-refractivity contribution in [2.45, 2.75) is 39.2 Å². The van der Waals surface area contributed by atoms with Crippen LogP contribution in [-0.2, 0) is 19.4 Å². The van der Waals surface area contributed by atoms with Gasteiger partial charge in [0, 0.05) is 24.5 Å². The average Bonchev–Trinajstić information content (AvgIpc) is 3.04. The zero-order valence-electron chi connectivity index (χ0n) is 12.1. The second-order valence-electron chi connectivity index (χ2n) is 5.06. The number of pyridine rings is 1. The van der Waals surface area contributed by atoms with Gasteiger partial charge in [0.1, 0.15) is 11.3 Å². The Hall–Kier alpha value is -1.95. The average molecular weight is 301 g/mol. The van der Waals surface area contributed by atoms with Gasteiger partial charge in [0.2, 0.25) is 0 Å². The molecule has 0 aromatic carbocycles. The van der Waals surface area contributed by atoms with E-state index in [0.717, 1.165) is 54.9 Å². The van der Waals surface area contributed by atoms with Gasteiger partial charge in [-0.05, 0) is 31.4 Å². The van der Waals surface area contributed by atoms with Gasteiger partial charge in [-0.15, -0.1) is 11.3 Å². The molecule has 0 unspecified atom stereocenters. The highest BCUT2D eigenvalue weighted by molar-refractivity contribution is 7.13. The fourth-order valence-corrected chi connectivity index (χ4v) is 3.12. The summed E-state index contributed by atoms with van der Waals surface area (Å²) in [6.45, 7) is 3.14. The molecule has 2 N–H and O–H groups in total. The molecule has 6 heteroatoms. The molecule has 3 rings (SSSR count). The molecule has 3 heterocycles. The van der Waals surface area contributed by atoms with Crippen molar-refractivity contribution >= 4 is 27.6 Å². The SMILES string of the molecule is CCCn1c(CCCc2csc(N)n2)nc2cccnc21. The predicted octanol–water partition coefficient (Wildman–Crippen LogP) is 3.06. The summed E-state index contributed by atoms with van der Waals surface area (Å²) < 4.78 is 2.24. The molecule has 21 heavy (non-hydrogen) atoms. The largest absolute Gasteiger partial charge is 0.375 e. The molecule has 5 nitrogen and oxygen atoms in total. The number of aromatic nitrogens is 4. The standard InChI is InChI=1S/C15H19N5S/c1-2-9-20-13(19-12-6-4-8-17-14(12)20)7-3-5-11-10-21-15(16)18-11/h4,6,8,10H,2-3,5,7,9H2,1H3,(H2,16,18). The maximum absolute atomic E-state index is 5.66. The zero-order valence-corrected chi connectivity index (χ0v) is 12.9. The van der Waals surface area contributed by atoms with E-state index in [4.69, 9.17) is 10.7 Å². The topological polar surface area (TPSA) is 69.6 Å². The molecule has 0 aliphatic heterocycles. The number of hydrogen-bond acceptors (Lipinski definition) is 5. The smallest absolute Gasteiger partial charge is 0.180 e. The number of nitrogens with zero attached hydrogens (tertiary/aromatic N) is 4. The molecule has 3 aromatic heterocycles. The lowest BCUT2D eigenvalue weighted by Gasteiger charge is -2.06. The molecule has 0 aliphatic carbocycles. The number of aryl methyl sites for hydroxylation is 3. The van der Waals surface area contributed by atoms with Crippen molar-refractivity contribution in [2.24, 2.45) is 0 Å². The van der Waals surface area contributed by atoms with Crippen LogP contribution in [0.4, 0.5) is 5.13 Å². The lowest BCUT2D eigenvalue weighted by Crippen LogP contribution is -2.05. The quantitative estimate of drug-likeness (QED) is 0.759. The summed E-state index contributed by atoms with van der Waals surface area (Å²) in [5.41, 5.74) is 8.71. The first-order valence-corrected chi connectivity index (χ1v) is 8.16. The predicted molar refractivity (Wildman–Crippen MR) is 86.4 cm³/mol. The first kappa shape index (κ1) is 14.0. The Morgan fingerprint density at radius 2 is 2.19 bits per heavy atom. The lowest BCUT2D eigenvalue weighted by atomic mass is 10.2. The number of nitrogen functional groups attached to an aromatic ring is 1. The van der Waals surface area contributed by atoms with Gasteiger partial charge in [-0.2, -0.15) is 0 Å². The molecular formula is C15H19N5S. The van der Waals surface area contributed by atoms with Crippen LogP contribution in [0.5, 0.6) is 0 Å². The van der Waals surface area contributed by atoms with Crippen LogP contribution in [0.15, 0.2) is 23.7 Å². The van der Waals surface area contributed by atoms with Gasteiger partial charge in [0.05, 0.1) is 5.69 Å². The van der Waals surface area contributed by atoms with Crippen LogP contribution in [0.25, 0.3) is 11.2 Å². The number of thiazole rings is 1. The molecule has 0 saturated carbocycles.